The number of rotatable bonds is 5. The van der Waals surface area contributed by atoms with Crippen molar-refractivity contribution in [2.75, 3.05) is 42.0 Å². The number of nitrogen functional groups attached to an aromatic ring is 1. The fourth-order valence-electron chi connectivity index (χ4n) is 2.00. The number of anilines is 3. The van der Waals surface area contributed by atoms with Crippen LogP contribution < -0.4 is 21.5 Å². The molecule has 0 amide bonds. The first-order valence-corrected chi connectivity index (χ1v) is 7.99. The van der Waals surface area contributed by atoms with Gasteiger partial charge in [-0.1, -0.05) is 0 Å². The second kappa shape index (κ2) is 5.75. The van der Waals surface area contributed by atoms with Gasteiger partial charge in [0, 0.05) is 20.6 Å². The molecule has 0 spiro atoms. The Hall–Kier alpha value is -1.68. The lowest BCUT2D eigenvalue weighted by atomic mass is 10.2. The maximum atomic E-state index is 11.7. The molecule has 9 nitrogen and oxygen atoms in total. The Kier molecular flexibility index (Phi) is 4.23. The first-order valence-electron chi connectivity index (χ1n) is 6.28. The zero-order chi connectivity index (χ0) is 14.8. The number of hydrogen-bond acceptors (Lipinski definition) is 9. The zero-order valence-electron chi connectivity index (χ0n) is 11.5. The molecule has 4 N–H and O–H groups in total. The summed E-state index contributed by atoms with van der Waals surface area (Å²) >= 11 is 0. The summed E-state index contributed by atoms with van der Waals surface area (Å²) in [6, 6.07) is 0. The molecule has 20 heavy (non-hydrogen) atoms. The lowest BCUT2D eigenvalue weighted by Gasteiger charge is -2.14. The van der Waals surface area contributed by atoms with Crippen molar-refractivity contribution < 1.29 is 8.42 Å². The lowest BCUT2D eigenvalue weighted by Crippen LogP contribution is -2.26. The van der Waals surface area contributed by atoms with Crippen molar-refractivity contribution in [3.63, 3.8) is 0 Å². The number of nitrogens with two attached hydrogens (primary N) is 1. The van der Waals surface area contributed by atoms with Crippen molar-refractivity contribution in [3.05, 3.63) is 0 Å². The molecule has 2 heterocycles. The van der Waals surface area contributed by atoms with Gasteiger partial charge in [0.25, 0.3) is 0 Å². The van der Waals surface area contributed by atoms with E-state index in [9.17, 15) is 8.42 Å². The van der Waals surface area contributed by atoms with Crippen molar-refractivity contribution in [1.82, 2.24) is 15.0 Å². The van der Waals surface area contributed by atoms with E-state index in [1.165, 1.54) is 0 Å². The third-order valence-electron chi connectivity index (χ3n) is 3.10. The lowest BCUT2D eigenvalue weighted by molar-refractivity contribution is 0.591. The van der Waals surface area contributed by atoms with Crippen LogP contribution in [0.4, 0.5) is 17.8 Å². The number of hydrogen-bond donors (Lipinski definition) is 3. The van der Waals surface area contributed by atoms with E-state index in [1.54, 1.807) is 19.0 Å². The number of nitrogens with zero attached hydrogens (tertiary/aromatic N) is 4. The van der Waals surface area contributed by atoms with E-state index in [0.29, 0.717) is 31.3 Å². The predicted octanol–water partition coefficient (Wildman–Crippen LogP) is -0.788. The van der Waals surface area contributed by atoms with E-state index in [2.05, 4.69) is 25.7 Å². The molecular formula is C10H19N7O2S. The molecule has 0 aromatic carbocycles. The highest BCUT2D eigenvalue weighted by atomic mass is 32.2. The minimum absolute atomic E-state index is 0.223. The Bertz CT molecular complexity index is 575. The predicted molar refractivity (Wildman–Crippen MR) is 77.3 cm³/mol. The summed E-state index contributed by atoms with van der Waals surface area (Å²) in [5, 5.41) is 2.57. The van der Waals surface area contributed by atoms with Crippen LogP contribution in [-0.2, 0) is 9.84 Å². The van der Waals surface area contributed by atoms with Gasteiger partial charge in [-0.05, 0) is 12.8 Å². The van der Waals surface area contributed by atoms with Crippen LogP contribution in [0.3, 0.4) is 0 Å². The Balaban J connectivity index is 2.11. The molecule has 112 valence electrons. The van der Waals surface area contributed by atoms with Gasteiger partial charge in [0.15, 0.2) is 9.84 Å². The van der Waals surface area contributed by atoms with Crippen molar-refractivity contribution in [2.45, 2.75) is 18.1 Å². The average molecular weight is 301 g/mol. The van der Waals surface area contributed by atoms with E-state index in [4.69, 9.17) is 5.84 Å². The summed E-state index contributed by atoms with van der Waals surface area (Å²) in [6.07, 6.45) is 1.38. The fourth-order valence-corrected chi connectivity index (χ4v) is 3.77. The molecule has 1 saturated heterocycles. The van der Waals surface area contributed by atoms with Crippen LogP contribution in [0.2, 0.25) is 0 Å². The van der Waals surface area contributed by atoms with Crippen LogP contribution in [0.25, 0.3) is 0 Å². The first-order chi connectivity index (χ1) is 9.42. The van der Waals surface area contributed by atoms with Crippen LogP contribution in [0.15, 0.2) is 0 Å². The van der Waals surface area contributed by atoms with E-state index >= 15 is 0 Å². The molecule has 1 aliphatic rings. The fraction of sp³-hybridized carbons (Fsp3) is 0.700. The maximum absolute atomic E-state index is 11.7. The molecule has 1 aromatic heterocycles. The second-order valence-corrected chi connectivity index (χ2v) is 7.23. The van der Waals surface area contributed by atoms with Gasteiger partial charge in [0.2, 0.25) is 17.8 Å². The molecule has 2 rings (SSSR count). The van der Waals surface area contributed by atoms with Gasteiger partial charge < -0.3 is 10.2 Å². The number of aromatic nitrogens is 3. The molecule has 1 fully saturated rings. The summed E-state index contributed by atoms with van der Waals surface area (Å²) in [5.41, 5.74) is 2.36. The van der Waals surface area contributed by atoms with Gasteiger partial charge in [-0.2, -0.15) is 15.0 Å². The Morgan fingerprint density at radius 3 is 2.55 bits per heavy atom. The van der Waals surface area contributed by atoms with Crippen LogP contribution in [0.5, 0.6) is 0 Å². The van der Waals surface area contributed by atoms with Gasteiger partial charge in [-0.3, -0.25) is 5.43 Å². The van der Waals surface area contributed by atoms with E-state index in [1.807, 2.05) is 0 Å². The van der Waals surface area contributed by atoms with Crippen molar-refractivity contribution in [1.29, 1.82) is 0 Å². The summed E-state index contributed by atoms with van der Waals surface area (Å²) in [4.78, 5) is 14.0. The molecule has 1 unspecified atom stereocenters. The molecule has 1 atom stereocenters. The molecule has 10 heteroatoms. The Morgan fingerprint density at radius 2 is 2.00 bits per heavy atom. The van der Waals surface area contributed by atoms with Crippen LogP contribution in [-0.4, -0.2) is 55.0 Å². The minimum Gasteiger partial charge on any atom is -0.353 e. The van der Waals surface area contributed by atoms with E-state index < -0.39 is 9.84 Å². The standard InChI is InChI=1S/C10H19N7O2S/c1-17(2)10-14-8(13-9(15-10)16-11)12-6-7-4-3-5-20(7,18)19/h7H,3-6,11H2,1-2H3,(H2,12,13,14,15,16). The normalized spacial score (nSPS) is 20.6. The highest BCUT2D eigenvalue weighted by Gasteiger charge is 2.31. The third kappa shape index (κ3) is 3.25. The largest absolute Gasteiger partial charge is 0.353 e. The monoisotopic (exact) mass is 301 g/mol. The van der Waals surface area contributed by atoms with Crippen molar-refractivity contribution >= 4 is 27.7 Å². The van der Waals surface area contributed by atoms with Gasteiger partial charge in [0.1, 0.15) is 0 Å². The summed E-state index contributed by atoms with van der Waals surface area (Å²) < 4.78 is 23.5. The third-order valence-corrected chi connectivity index (χ3v) is 5.38. The highest BCUT2D eigenvalue weighted by Crippen LogP contribution is 2.20. The van der Waals surface area contributed by atoms with Gasteiger partial charge in [-0.25, -0.2) is 14.3 Å². The van der Waals surface area contributed by atoms with E-state index in [-0.39, 0.29) is 17.0 Å². The topological polar surface area (TPSA) is 126 Å². The average Bonchev–Trinajstić information content (AvgIpc) is 2.74. The number of sulfone groups is 1. The Labute approximate surface area is 117 Å². The summed E-state index contributed by atoms with van der Waals surface area (Å²) in [6.45, 7) is 0.295. The van der Waals surface area contributed by atoms with Crippen LogP contribution in [0, 0.1) is 0 Å². The molecule has 1 aliphatic heterocycles. The molecular weight excluding hydrogens is 282 g/mol. The van der Waals surface area contributed by atoms with Crippen LogP contribution >= 0.6 is 0 Å². The molecule has 0 radical (unpaired) electrons. The van der Waals surface area contributed by atoms with E-state index in [0.717, 1.165) is 0 Å². The molecule has 1 aromatic rings. The van der Waals surface area contributed by atoms with Gasteiger partial charge in [0.05, 0.1) is 11.0 Å². The molecule has 0 saturated carbocycles. The maximum Gasteiger partial charge on any atom is 0.243 e. The van der Waals surface area contributed by atoms with Gasteiger partial charge >= 0.3 is 0 Å². The Morgan fingerprint density at radius 1 is 1.30 bits per heavy atom. The number of hydrazine groups is 1. The minimum atomic E-state index is -2.98. The van der Waals surface area contributed by atoms with Crippen molar-refractivity contribution in [3.8, 4) is 0 Å². The summed E-state index contributed by atoms with van der Waals surface area (Å²) in [5.74, 6) is 6.53. The van der Waals surface area contributed by atoms with Crippen molar-refractivity contribution in [2.24, 2.45) is 5.84 Å². The number of nitrogens with one attached hydrogen (secondary N) is 2. The molecule has 0 bridgehead atoms. The highest BCUT2D eigenvalue weighted by molar-refractivity contribution is 7.92. The molecule has 0 aliphatic carbocycles. The first kappa shape index (κ1) is 14.7. The SMILES string of the molecule is CN(C)c1nc(NN)nc(NCC2CCCS2(=O)=O)n1. The quantitative estimate of drug-likeness (QED) is 0.473. The zero-order valence-corrected chi connectivity index (χ0v) is 12.3. The van der Waals surface area contributed by atoms with Gasteiger partial charge in [-0.15, -0.1) is 0 Å². The second-order valence-electron chi connectivity index (χ2n) is 4.83. The smallest absolute Gasteiger partial charge is 0.243 e. The van der Waals surface area contributed by atoms with Crippen LogP contribution in [0.1, 0.15) is 12.8 Å². The summed E-state index contributed by atoms with van der Waals surface area (Å²) in [7, 11) is 0.601.